The molecule has 0 spiro atoms. The van der Waals surface area contributed by atoms with Gasteiger partial charge in [0, 0.05) is 5.41 Å². The Hall–Kier alpha value is -1.08. The number of fused-ring (bicyclic) bond motifs is 5. The molecule has 4 aliphatic rings. The zero-order chi connectivity index (χ0) is 22.5. The standard InChI is InChI=1S/C31H46O/c1-6-22(3)26-14-15-27-25-13-12-24-18-21(2)16-17-30(24,4)28(25)19-29(31(26,27)5)32-20-23-10-8-7-9-11-23/h6-11,21-22,24-29H,1,12-20H2,2-5H3/t21-,22-,24-,25+,26-,27+,28+,29+,30+,31-/m1/s1. The van der Waals surface area contributed by atoms with E-state index < -0.39 is 0 Å². The SMILES string of the molecule is C=C[C@@H](C)[C@H]1CC[C@H]2[C@@H]3CC[C@@H]4C[C@H](C)CC[C@]4(C)[C@H]3C[C@H](OCc3ccccc3)[C@]12C. The quantitative estimate of drug-likeness (QED) is 0.423. The normalized spacial score (nSPS) is 46.6. The summed E-state index contributed by atoms with van der Waals surface area (Å²) in [6, 6.07) is 10.9. The molecule has 0 unspecified atom stereocenters. The second-order valence-electron chi connectivity index (χ2n) is 12.7. The summed E-state index contributed by atoms with van der Waals surface area (Å²) in [5, 5.41) is 0. The Morgan fingerprint density at radius 2 is 1.81 bits per heavy atom. The summed E-state index contributed by atoms with van der Waals surface area (Å²) in [7, 11) is 0. The summed E-state index contributed by atoms with van der Waals surface area (Å²) in [6.07, 6.45) is 13.9. The first-order valence-corrected chi connectivity index (χ1v) is 13.7. The number of rotatable bonds is 5. The van der Waals surface area contributed by atoms with Crippen LogP contribution in [0.25, 0.3) is 0 Å². The van der Waals surface area contributed by atoms with Crippen LogP contribution in [0, 0.1) is 52.3 Å². The molecule has 32 heavy (non-hydrogen) atoms. The Bertz CT molecular complexity index is 800. The zero-order valence-electron chi connectivity index (χ0n) is 21.1. The van der Waals surface area contributed by atoms with Crippen LogP contribution < -0.4 is 0 Å². The van der Waals surface area contributed by atoms with Crippen molar-refractivity contribution in [1.82, 2.24) is 0 Å². The zero-order valence-corrected chi connectivity index (χ0v) is 21.1. The van der Waals surface area contributed by atoms with E-state index in [1.165, 1.54) is 56.9 Å². The minimum Gasteiger partial charge on any atom is -0.373 e. The number of hydrogen-bond acceptors (Lipinski definition) is 1. The summed E-state index contributed by atoms with van der Waals surface area (Å²) in [6.45, 7) is 15.2. The summed E-state index contributed by atoms with van der Waals surface area (Å²) in [5.41, 5.74) is 2.14. The second-order valence-corrected chi connectivity index (χ2v) is 12.7. The molecule has 4 fully saturated rings. The van der Waals surface area contributed by atoms with Crippen LogP contribution in [-0.4, -0.2) is 6.10 Å². The Morgan fingerprint density at radius 3 is 2.56 bits per heavy atom. The van der Waals surface area contributed by atoms with E-state index in [-0.39, 0.29) is 5.41 Å². The predicted octanol–water partition coefficient (Wildman–Crippen LogP) is 8.30. The smallest absolute Gasteiger partial charge is 0.0720 e. The van der Waals surface area contributed by atoms with Gasteiger partial charge in [-0.1, -0.05) is 70.5 Å². The molecule has 1 nitrogen and oxygen atoms in total. The highest BCUT2D eigenvalue weighted by Gasteiger charge is 2.64. The molecule has 10 atom stereocenters. The first-order valence-electron chi connectivity index (χ1n) is 13.7. The monoisotopic (exact) mass is 434 g/mol. The molecule has 4 saturated carbocycles. The van der Waals surface area contributed by atoms with Gasteiger partial charge in [0.15, 0.2) is 0 Å². The fourth-order valence-corrected chi connectivity index (χ4v) is 9.49. The lowest BCUT2D eigenvalue weighted by Gasteiger charge is -2.63. The topological polar surface area (TPSA) is 9.23 Å². The number of allylic oxidation sites excluding steroid dienone is 1. The van der Waals surface area contributed by atoms with Gasteiger partial charge >= 0.3 is 0 Å². The van der Waals surface area contributed by atoms with E-state index in [0.29, 0.717) is 23.4 Å². The predicted molar refractivity (Wildman–Crippen MR) is 134 cm³/mol. The summed E-state index contributed by atoms with van der Waals surface area (Å²) >= 11 is 0. The average molecular weight is 435 g/mol. The Kier molecular flexibility index (Phi) is 6.11. The van der Waals surface area contributed by atoms with Crippen LogP contribution in [0.3, 0.4) is 0 Å². The van der Waals surface area contributed by atoms with Crippen molar-refractivity contribution in [1.29, 1.82) is 0 Å². The molecular formula is C31H46O. The molecule has 0 aromatic heterocycles. The summed E-state index contributed by atoms with van der Waals surface area (Å²) in [5.74, 6) is 5.74. The van der Waals surface area contributed by atoms with Gasteiger partial charge in [-0.25, -0.2) is 0 Å². The third-order valence-corrected chi connectivity index (χ3v) is 11.4. The van der Waals surface area contributed by atoms with E-state index in [1.807, 2.05) is 0 Å². The third-order valence-electron chi connectivity index (χ3n) is 11.4. The van der Waals surface area contributed by atoms with Crippen LogP contribution >= 0.6 is 0 Å². The lowest BCUT2D eigenvalue weighted by molar-refractivity contribution is -0.189. The van der Waals surface area contributed by atoms with E-state index in [0.717, 1.165) is 36.2 Å². The van der Waals surface area contributed by atoms with Gasteiger partial charge in [0.05, 0.1) is 12.7 Å². The van der Waals surface area contributed by atoms with Crippen LogP contribution in [0.5, 0.6) is 0 Å². The van der Waals surface area contributed by atoms with Crippen molar-refractivity contribution in [2.75, 3.05) is 0 Å². The van der Waals surface area contributed by atoms with Crippen molar-refractivity contribution in [3.05, 3.63) is 48.6 Å². The van der Waals surface area contributed by atoms with Gasteiger partial charge in [0.2, 0.25) is 0 Å². The molecule has 0 radical (unpaired) electrons. The molecule has 0 N–H and O–H groups in total. The van der Waals surface area contributed by atoms with E-state index in [9.17, 15) is 0 Å². The molecular weight excluding hydrogens is 388 g/mol. The average Bonchev–Trinajstić information content (AvgIpc) is 3.16. The molecule has 5 rings (SSSR count). The summed E-state index contributed by atoms with van der Waals surface area (Å²) < 4.78 is 6.97. The fraction of sp³-hybridized carbons (Fsp3) is 0.742. The van der Waals surface area contributed by atoms with Crippen molar-refractivity contribution < 1.29 is 4.74 Å². The molecule has 4 aliphatic carbocycles. The van der Waals surface area contributed by atoms with Crippen molar-refractivity contribution in [3.63, 3.8) is 0 Å². The minimum atomic E-state index is 0.286. The molecule has 1 heteroatoms. The van der Waals surface area contributed by atoms with Crippen molar-refractivity contribution in [2.24, 2.45) is 52.3 Å². The highest BCUT2D eigenvalue weighted by atomic mass is 16.5. The van der Waals surface area contributed by atoms with Crippen LogP contribution in [0.4, 0.5) is 0 Å². The second kappa shape index (κ2) is 8.61. The van der Waals surface area contributed by atoms with Crippen LogP contribution in [-0.2, 0) is 11.3 Å². The fourth-order valence-electron chi connectivity index (χ4n) is 9.49. The highest BCUT2D eigenvalue weighted by molar-refractivity contribution is 5.16. The molecule has 0 aliphatic heterocycles. The first kappa shape index (κ1) is 22.7. The third kappa shape index (κ3) is 3.53. The molecule has 0 heterocycles. The molecule has 1 aromatic carbocycles. The Morgan fingerprint density at radius 1 is 1.03 bits per heavy atom. The van der Waals surface area contributed by atoms with Crippen molar-refractivity contribution in [2.45, 2.75) is 91.8 Å². The molecule has 0 saturated heterocycles. The van der Waals surface area contributed by atoms with Gasteiger partial charge in [0.25, 0.3) is 0 Å². The van der Waals surface area contributed by atoms with Gasteiger partial charge in [-0.05, 0) is 97.3 Å². The minimum absolute atomic E-state index is 0.286. The van der Waals surface area contributed by atoms with Crippen LogP contribution in [0.15, 0.2) is 43.0 Å². The van der Waals surface area contributed by atoms with Crippen molar-refractivity contribution >= 4 is 0 Å². The van der Waals surface area contributed by atoms with Gasteiger partial charge in [-0.3, -0.25) is 0 Å². The Labute approximate surface area is 197 Å². The van der Waals surface area contributed by atoms with Gasteiger partial charge < -0.3 is 4.74 Å². The molecule has 0 amide bonds. The number of benzene rings is 1. The molecule has 176 valence electrons. The van der Waals surface area contributed by atoms with Crippen molar-refractivity contribution in [3.8, 4) is 0 Å². The maximum absolute atomic E-state index is 6.97. The first-order chi connectivity index (χ1) is 15.4. The lowest BCUT2D eigenvalue weighted by Crippen LogP contribution is -2.59. The van der Waals surface area contributed by atoms with E-state index >= 15 is 0 Å². The largest absolute Gasteiger partial charge is 0.373 e. The lowest BCUT2D eigenvalue weighted by atomic mass is 9.43. The maximum atomic E-state index is 6.97. The number of ether oxygens (including phenoxy) is 1. The van der Waals surface area contributed by atoms with E-state index in [1.54, 1.807) is 0 Å². The van der Waals surface area contributed by atoms with Gasteiger partial charge in [0.1, 0.15) is 0 Å². The highest BCUT2D eigenvalue weighted by Crippen LogP contribution is 2.69. The van der Waals surface area contributed by atoms with Gasteiger partial charge in [-0.2, -0.15) is 0 Å². The maximum Gasteiger partial charge on any atom is 0.0720 e. The molecule has 1 aromatic rings. The molecule has 0 bridgehead atoms. The van der Waals surface area contributed by atoms with Gasteiger partial charge in [-0.15, -0.1) is 6.58 Å². The number of hydrogen-bond donors (Lipinski definition) is 0. The van der Waals surface area contributed by atoms with Crippen LogP contribution in [0.2, 0.25) is 0 Å². The summed E-state index contributed by atoms with van der Waals surface area (Å²) in [4.78, 5) is 0. The Balaban J connectivity index is 1.47. The van der Waals surface area contributed by atoms with E-state index in [4.69, 9.17) is 4.74 Å². The van der Waals surface area contributed by atoms with E-state index in [2.05, 4.69) is 70.7 Å². The van der Waals surface area contributed by atoms with Crippen LogP contribution in [0.1, 0.15) is 84.6 Å².